The van der Waals surface area contributed by atoms with Crippen LogP contribution in [0, 0.1) is 11.6 Å². The van der Waals surface area contributed by atoms with Gasteiger partial charge in [0.05, 0.1) is 34.3 Å². The molecule has 0 spiro atoms. The van der Waals surface area contributed by atoms with Crippen molar-refractivity contribution in [3.8, 4) is 16.9 Å². The number of halogens is 2. The van der Waals surface area contributed by atoms with E-state index in [1.54, 1.807) is 28.9 Å². The van der Waals surface area contributed by atoms with Gasteiger partial charge in [-0.2, -0.15) is 4.98 Å². The number of benzene rings is 2. The molecule has 2 aromatic heterocycles. The molecule has 15 heteroatoms. The lowest BCUT2D eigenvalue weighted by Crippen LogP contribution is -2.54. The highest BCUT2D eigenvalue weighted by Gasteiger charge is 2.32. The zero-order valence-electron chi connectivity index (χ0n) is 27.0. The minimum Gasteiger partial charge on any atom is -0.453 e. The number of nitrogens with one attached hydrogen (secondary N) is 1. The van der Waals surface area contributed by atoms with Gasteiger partial charge in [-0.05, 0) is 48.7 Å². The number of carbonyl (C=O) groups is 2. The van der Waals surface area contributed by atoms with E-state index in [-0.39, 0.29) is 64.6 Å². The molecule has 2 amide bonds. The maximum Gasteiger partial charge on any atom is 0.411 e. The topological polar surface area (TPSA) is 144 Å². The number of hydrogen-bond acceptors (Lipinski definition) is 9. The summed E-state index contributed by atoms with van der Waals surface area (Å²) in [6.07, 6.45) is 1.26. The van der Waals surface area contributed by atoms with Crippen LogP contribution in [0.25, 0.3) is 28.0 Å². The third-order valence-electron chi connectivity index (χ3n) is 8.14. The monoisotopic (exact) mass is 680 g/mol. The second-order valence-corrected chi connectivity index (χ2v) is 13.7. The molecule has 0 saturated carbocycles. The summed E-state index contributed by atoms with van der Waals surface area (Å²) in [4.78, 5) is 50.6. The number of amides is 2. The Labute approximate surface area is 275 Å². The molecule has 0 bridgehead atoms. The first-order chi connectivity index (χ1) is 22.7. The van der Waals surface area contributed by atoms with Gasteiger partial charge in [0.1, 0.15) is 17.3 Å². The van der Waals surface area contributed by atoms with Gasteiger partial charge in [0, 0.05) is 31.9 Å². The Balaban J connectivity index is 1.90. The first-order valence-corrected chi connectivity index (χ1v) is 16.9. The molecule has 0 aliphatic carbocycles. The molecule has 1 saturated heterocycles. The number of nitrogens with zero attached hydrogens (tertiary/aromatic N) is 5. The molecule has 48 heavy (non-hydrogen) atoms. The molecule has 5 rings (SSSR count). The van der Waals surface area contributed by atoms with E-state index in [9.17, 15) is 22.8 Å². The van der Waals surface area contributed by atoms with Crippen LogP contribution in [0.1, 0.15) is 32.3 Å². The fourth-order valence-corrected chi connectivity index (χ4v) is 6.76. The van der Waals surface area contributed by atoms with Crippen molar-refractivity contribution in [3.05, 3.63) is 82.8 Å². The first-order valence-electron chi connectivity index (χ1n) is 15.0. The van der Waals surface area contributed by atoms with Crippen molar-refractivity contribution in [3.63, 3.8) is 0 Å². The molecule has 1 N–H and O–H groups in total. The smallest absolute Gasteiger partial charge is 0.411 e. The number of para-hydroxylation sites is 1. The highest BCUT2D eigenvalue weighted by molar-refractivity contribution is 7.90. The molecule has 12 nitrogen and oxygen atoms in total. The van der Waals surface area contributed by atoms with Gasteiger partial charge in [0.2, 0.25) is 5.91 Å². The average Bonchev–Trinajstić information content (AvgIpc) is 3.03. The van der Waals surface area contributed by atoms with Gasteiger partial charge in [-0.3, -0.25) is 10.1 Å². The third kappa shape index (κ3) is 6.24. The van der Waals surface area contributed by atoms with Crippen LogP contribution in [0.3, 0.4) is 0 Å². The van der Waals surface area contributed by atoms with Gasteiger partial charge in [-0.15, -0.1) is 0 Å². The van der Waals surface area contributed by atoms with E-state index in [1.165, 1.54) is 24.3 Å². The molecule has 2 aromatic carbocycles. The van der Waals surface area contributed by atoms with Crippen molar-refractivity contribution >= 4 is 44.4 Å². The molecule has 1 aliphatic rings. The van der Waals surface area contributed by atoms with Crippen molar-refractivity contribution in [2.45, 2.75) is 37.6 Å². The van der Waals surface area contributed by atoms with Crippen LogP contribution in [0.2, 0.25) is 0 Å². The van der Waals surface area contributed by atoms with Gasteiger partial charge in [-0.1, -0.05) is 38.6 Å². The molecule has 252 valence electrons. The van der Waals surface area contributed by atoms with Crippen molar-refractivity contribution in [2.24, 2.45) is 0 Å². The van der Waals surface area contributed by atoms with Crippen LogP contribution in [0.5, 0.6) is 0 Å². The number of piperazine rings is 1. The van der Waals surface area contributed by atoms with Crippen LogP contribution in [-0.4, -0.2) is 78.9 Å². The van der Waals surface area contributed by atoms with Gasteiger partial charge in [-0.25, -0.2) is 36.3 Å². The standard InChI is InChI=1S/C33H34F2N6O6S/c1-7-26(42)39-14-15-40(19(4)17-39)30-21-16-23(35)28(27-22(34)11-9-12-24(27)36-33(44)47-5)37-31(21)41(32(43)38-30)29-20(18(2)3)10-8-13-25(29)48(6,45)46/h7-13,16,18-19H,1,14-15,17H2,2-6H3,(H,36,44)/t19-/m0/s1. The lowest BCUT2D eigenvalue weighted by molar-refractivity contribution is -0.126. The highest BCUT2D eigenvalue weighted by atomic mass is 32.2. The van der Waals surface area contributed by atoms with E-state index in [2.05, 4.69) is 26.6 Å². The minimum atomic E-state index is -3.95. The van der Waals surface area contributed by atoms with Crippen molar-refractivity contribution in [1.82, 2.24) is 19.4 Å². The van der Waals surface area contributed by atoms with Gasteiger partial charge < -0.3 is 14.5 Å². The molecule has 3 heterocycles. The molecule has 0 unspecified atom stereocenters. The van der Waals surface area contributed by atoms with Crippen LogP contribution >= 0.6 is 0 Å². The molecule has 1 aliphatic heterocycles. The first kappa shape index (κ1) is 34.2. The fourth-order valence-electron chi connectivity index (χ4n) is 5.88. The zero-order chi connectivity index (χ0) is 35.1. The summed E-state index contributed by atoms with van der Waals surface area (Å²) in [6.45, 7) is 9.69. The Morgan fingerprint density at radius 2 is 1.81 bits per heavy atom. The quantitative estimate of drug-likeness (QED) is 0.276. The Bertz CT molecular complexity index is 2140. The van der Waals surface area contributed by atoms with Gasteiger partial charge in [0.25, 0.3) is 0 Å². The van der Waals surface area contributed by atoms with E-state index in [1.807, 2.05) is 13.8 Å². The Morgan fingerprint density at radius 1 is 1.10 bits per heavy atom. The molecular formula is C33H34F2N6O6S. The summed E-state index contributed by atoms with van der Waals surface area (Å²) in [7, 11) is -2.84. The van der Waals surface area contributed by atoms with Gasteiger partial charge in [0.15, 0.2) is 21.3 Å². The number of hydrogen-bond donors (Lipinski definition) is 1. The van der Waals surface area contributed by atoms with E-state index < -0.39 is 50.6 Å². The van der Waals surface area contributed by atoms with E-state index >= 15 is 8.78 Å². The molecule has 1 fully saturated rings. The number of rotatable bonds is 7. The Hall–Kier alpha value is -5.18. The number of pyridine rings is 1. The molecule has 0 radical (unpaired) electrons. The average molecular weight is 681 g/mol. The maximum atomic E-state index is 16.3. The number of sulfone groups is 1. The summed E-state index contributed by atoms with van der Waals surface area (Å²) < 4.78 is 63.7. The molecule has 4 aromatic rings. The van der Waals surface area contributed by atoms with Crippen molar-refractivity contribution in [1.29, 1.82) is 0 Å². The number of carbonyl (C=O) groups excluding carboxylic acids is 2. The largest absolute Gasteiger partial charge is 0.453 e. The van der Waals surface area contributed by atoms with Crippen molar-refractivity contribution in [2.75, 3.05) is 43.2 Å². The fraction of sp³-hybridized carbons (Fsp3) is 0.303. The van der Waals surface area contributed by atoms with Crippen LogP contribution in [-0.2, 0) is 19.4 Å². The maximum absolute atomic E-state index is 16.3. The highest BCUT2D eigenvalue weighted by Crippen LogP contribution is 2.37. The predicted molar refractivity (Wildman–Crippen MR) is 177 cm³/mol. The normalized spacial score (nSPS) is 15.1. The number of anilines is 2. The number of methoxy groups -OCH3 is 1. The van der Waals surface area contributed by atoms with Crippen molar-refractivity contribution < 1.29 is 31.5 Å². The second-order valence-electron chi connectivity index (χ2n) is 11.7. The number of fused-ring (bicyclic) bond motifs is 1. The summed E-state index contributed by atoms with van der Waals surface area (Å²) in [5.74, 6) is -2.46. The summed E-state index contributed by atoms with van der Waals surface area (Å²) in [5.41, 5.74) is -1.83. The predicted octanol–water partition coefficient (Wildman–Crippen LogP) is 4.65. The summed E-state index contributed by atoms with van der Waals surface area (Å²) >= 11 is 0. The SMILES string of the molecule is C=CC(=O)N1CCN(c2nc(=O)n(-c3c(C(C)C)cccc3S(C)(=O)=O)c3nc(-c4c(F)cccc4NC(=O)OC)c(F)cc23)[C@@H](C)C1. The third-order valence-corrected chi connectivity index (χ3v) is 9.26. The zero-order valence-corrected chi connectivity index (χ0v) is 27.8. The van der Waals surface area contributed by atoms with E-state index in [0.717, 1.165) is 30.1 Å². The lowest BCUT2D eigenvalue weighted by atomic mass is 10.0. The van der Waals surface area contributed by atoms with Gasteiger partial charge >= 0.3 is 11.8 Å². The lowest BCUT2D eigenvalue weighted by Gasteiger charge is -2.40. The number of ether oxygens (including phenoxy) is 1. The van der Waals surface area contributed by atoms with Crippen LogP contribution in [0.15, 0.2) is 64.8 Å². The Kier molecular flexibility index (Phi) is 9.35. The second kappa shape index (κ2) is 13.1. The molecule has 1 atom stereocenters. The summed E-state index contributed by atoms with van der Waals surface area (Å²) in [6, 6.07) is 8.90. The van der Waals surface area contributed by atoms with E-state index in [4.69, 9.17) is 0 Å². The minimum absolute atomic E-state index is 0.0231. The summed E-state index contributed by atoms with van der Waals surface area (Å²) in [5, 5.41) is 2.39. The van der Waals surface area contributed by atoms with E-state index in [0.29, 0.717) is 5.56 Å². The Morgan fingerprint density at radius 3 is 2.44 bits per heavy atom. The van der Waals surface area contributed by atoms with Crippen LogP contribution < -0.4 is 15.9 Å². The van der Waals surface area contributed by atoms with Crippen LogP contribution in [0.4, 0.5) is 25.1 Å². The number of aromatic nitrogens is 3. The molecular weight excluding hydrogens is 646 g/mol.